The Labute approximate surface area is 78.5 Å². The van der Waals surface area contributed by atoms with Crippen molar-refractivity contribution in [3.05, 3.63) is 0 Å². The molecule has 1 aliphatic rings. The lowest BCUT2D eigenvalue weighted by Gasteiger charge is -2.10. The van der Waals surface area contributed by atoms with E-state index >= 15 is 0 Å². The van der Waals surface area contributed by atoms with E-state index in [0.29, 0.717) is 12.4 Å². The molecule has 0 amide bonds. The summed E-state index contributed by atoms with van der Waals surface area (Å²) in [7, 11) is -3.06. The van der Waals surface area contributed by atoms with E-state index in [9.17, 15) is 8.42 Å². The van der Waals surface area contributed by atoms with Gasteiger partial charge in [-0.1, -0.05) is 12.8 Å². The van der Waals surface area contributed by atoms with Gasteiger partial charge < -0.3 is 0 Å². The molecule has 0 spiro atoms. The van der Waals surface area contributed by atoms with E-state index in [-0.39, 0.29) is 5.25 Å². The summed E-state index contributed by atoms with van der Waals surface area (Å²) in [4.78, 5) is 0. The maximum atomic E-state index is 11.4. The smallest absolute Gasteiger partial charge is 0.214 e. The third kappa shape index (κ3) is 2.61. The Morgan fingerprint density at radius 3 is 2.42 bits per heavy atom. The molecular weight excluding hydrogens is 198 g/mol. The molecule has 5 heteroatoms. The van der Waals surface area contributed by atoms with Crippen LogP contribution < -0.4 is 4.72 Å². The van der Waals surface area contributed by atoms with Gasteiger partial charge in [-0.3, -0.25) is 0 Å². The Hall–Kier alpha value is 0.200. The third-order valence-corrected chi connectivity index (χ3v) is 4.28. The van der Waals surface area contributed by atoms with Gasteiger partial charge in [0.2, 0.25) is 10.0 Å². The zero-order valence-electron chi connectivity index (χ0n) is 6.92. The summed E-state index contributed by atoms with van der Waals surface area (Å²) in [5, 5.41) is -0.166. The Kier molecular flexibility index (Phi) is 3.80. The van der Waals surface area contributed by atoms with Gasteiger partial charge in [0.05, 0.1) is 5.25 Å². The number of sulfonamides is 1. The van der Waals surface area contributed by atoms with Crippen molar-refractivity contribution in [3.63, 3.8) is 0 Å². The number of halogens is 1. The van der Waals surface area contributed by atoms with Crippen LogP contribution in [-0.4, -0.2) is 26.1 Å². The number of rotatable bonds is 4. The number of nitrogens with one attached hydrogen (secondary N) is 1. The molecule has 0 saturated heterocycles. The quantitative estimate of drug-likeness (QED) is 0.708. The van der Waals surface area contributed by atoms with Gasteiger partial charge in [0, 0.05) is 12.4 Å². The van der Waals surface area contributed by atoms with Crippen molar-refractivity contribution in [1.82, 2.24) is 4.72 Å². The van der Waals surface area contributed by atoms with Crippen LogP contribution in [0, 0.1) is 0 Å². The van der Waals surface area contributed by atoms with Crippen LogP contribution in [0.2, 0.25) is 0 Å². The molecule has 1 fully saturated rings. The summed E-state index contributed by atoms with van der Waals surface area (Å²) < 4.78 is 25.3. The fraction of sp³-hybridized carbons (Fsp3) is 1.00. The molecule has 0 unspecified atom stereocenters. The average molecular weight is 212 g/mol. The molecule has 0 aliphatic heterocycles. The maximum Gasteiger partial charge on any atom is 0.214 e. The van der Waals surface area contributed by atoms with E-state index in [4.69, 9.17) is 11.6 Å². The normalized spacial score (nSPS) is 20.1. The van der Waals surface area contributed by atoms with Crippen LogP contribution in [0.3, 0.4) is 0 Å². The molecule has 3 nitrogen and oxygen atoms in total. The third-order valence-electron chi connectivity index (χ3n) is 2.14. The van der Waals surface area contributed by atoms with Gasteiger partial charge >= 0.3 is 0 Å². The molecule has 0 aromatic carbocycles. The molecule has 12 heavy (non-hydrogen) atoms. The lowest BCUT2D eigenvalue weighted by molar-refractivity contribution is 0.567. The van der Waals surface area contributed by atoms with Gasteiger partial charge in [-0.15, -0.1) is 11.6 Å². The first kappa shape index (κ1) is 10.3. The second kappa shape index (κ2) is 4.44. The van der Waals surface area contributed by atoms with E-state index in [1.807, 2.05) is 0 Å². The lowest BCUT2D eigenvalue weighted by Crippen LogP contribution is -2.33. The van der Waals surface area contributed by atoms with Crippen LogP contribution in [0.1, 0.15) is 25.7 Å². The van der Waals surface area contributed by atoms with Crippen molar-refractivity contribution in [2.24, 2.45) is 0 Å². The Balaban J connectivity index is 2.46. The molecule has 0 aromatic rings. The first-order chi connectivity index (χ1) is 5.67. The molecule has 72 valence electrons. The largest absolute Gasteiger partial charge is 0.214 e. The van der Waals surface area contributed by atoms with Gasteiger partial charge in [-0.05, 0) is 12.8 Å². The van der Waals surface area contributed by atoms with Crippen LogP contribution in [0.5, 0.6) is 0 Å². The number of alkyl halides is 1. The second-order valence-electron chi connectivity index (χ2n) is 3.03. The monoisotopic (exact) mass is 211 g/mol. The van der Waals surface area contributed by atoms with Crippen LogP contribution >= 0.6 is 11.6 Å². The first-order valence-electron chi connectivity index (χ1n) is 4.21. The predicted molar refractivity (Wildman–Crippen MR) is 49.9 cm³/mol. The van der Waals surface area contributed by atoms with E-state index in [0.717, 1.165) is 25.7 Å². The van der Waals surface area contributed by atoms with Crippen LogP contribution in [0.4, 0.5) is 0 Å². The minimum absolute atomic E-state index is 0.166. The maximum absolute atomic E-state index is 11.4. The summed E-state index contributed by atoms with van der Waals surface area (Å²) in [6, 6.07) is 0. The van der Waals surface area contributed by atoms with E-state index in [2.05, 4.69) is 4.72 Å². The topological polar surface area (TPSA) is 46.2 Å². The van der Waals surface area contributed by atoms with Gasteiger partial charge in [0.25, 0.3) is 0 Å². The Morgan fingerprint density at radius 1 is 1.33 bits per heavy atom. The SMILES string of the molecule is O=S(=O)(NCCCl)C1CCCC1. The molecule has 1 rings (SSSR count). The minimum atomic E-state index is -3.06. The van der Waals surface area contributed by atoms with Crippen molar-refractivity contribution in [1.29, 1.82) is 0 Å². The predicted octanol–water partition coefficient (Wildman–Crippen LogP) is 1.09. The molecule has 0 aromatic heterocycles. The number of hydrogen-bond donors (Lipinski definition) is 1. The summed E-state index contributed by atoms with van der Waals surface area (Å²) in [6.45, 7) is 0.348. The van der Waals surface area contributed by atoms with Crippen molar-refractivity contribution < 1.29 is 8.42 Å². The van der Waals surface area contributed by atoms with Crippen LogP contribution in [0.15, 0.2) is 0 Å². The lowest BCUT2D eigenvalue weighted by atomic mass is 10.4. The molecule has 0 heterocycles. The summed E-state index contributed by atoms with van der Waals surface area (Å²) in [6.07, 6.45) is 3.67. The zero-order valence-corrected chi connectivity index (χ0v) is 8.50. The highest BCUT2D eigenvalue weighted by molar-refractivity contribution is 7.90. The summed E-state index contributed by atoms with van der Waals surface area (Å²) in [5.74, 6) is 0.339. The number of hydrogen-bond acceptors (Lipinski definition) is 2. The highest BCUT2D eigenvalue weighted by Gasteiger charge is 2.27. The molecule has 1 aliphatic carbocycles. The van der Waals surface area contributed by atoms with Gasteiger partial charge in [0.1, 0.15) is 0 Å². The standard InChI is InChI=1S/C7H14ClNO2S/c8-5-6-9-12(10,11)7-3-1-2-4-7/h7,9H,1-6H2. The van der Waals surface area contributed by atoms with E-state index in [1.165, 1.54) is 0 Å². The highest BCUT2D eigenvalue weighted by Crippen LogP contribution is 2.23. The Bertz CT molecular complexity index is 222. The average Bonchev–Trinajstić information content (AvgIpc) is 2.53. The van der Waals surface area contributed by atoms with Crippen molar-refractivity contribution >= 4 is 21.6 Å². The van der Waals surface area contributed by atoms with Crippen molar-refractivity contribution in [3.8, 4) is 0 Å². The molecular formula is C7H14ClNO2S. The first-order valence-corrected chi connectivity index (χ1v) is 6.29. The summed E-state index contributed by atoms with van der Waals surface area (Å²) >= 11 is 5.39. The van der Waals surface area contributed by atoms with E-state index < -0.39 is 10.0 Å². The zero-order chi connectivity index (χ0) is 9.03. The van der Waals surface area contributed by atoms with Gasteiger partial charge in [-0.2, -0.15) is 0 Å². The summed E-state index contributed by atoms with van der Waals surface area (Å²) in [5.41, 5.74) is 0. The second-order valence-corrected chi connectivity index (χ2v) is 5.46. The van der Waals surface area contributed by atoms with E-state index in [1.54, 1.807) is 0 Å². The Morgan fingerprint density at radius 2 is 1.92 bits per heavy atom. The highest BCUT2D eigenvalue weighted by atomic mass is 35.5. The van der Waals surface area contributed by atoms with Crippen molar-refractivity contribution in [2.75, 3.05) is 12.4 Å². The van der Waals surface area contributed by atoms with Crippen LogP contribution in [0.25, 0.3) is 0 Å². The van der Waals surface area contributed by atoms with Gasteiger partial charge in [-0.25, -0.2) is 13.1 Å². The fourth-order valence-electron chi connectivity index (χ4n) is 1.50. The molecule has 0 atom stereocenters. The van der Waals surface area contributed by atoms with Crippen LogP contribution in [-0.2, 0) is 10.0 Å². The fourth-order valence-corrected chi connectivity index (χ4v) is 3.28. The van der Waals surface area contributed by atoms with Gasteiger partial charge in [0.15, 0.2) is 0 Å². The molecule has 0 radical (unpaired) electrons. The van der Waals surface area contributed by atoms with Crippen molar-refractivity contribution in [2.45, 2.75) is 30.9 Å². The molecule has 1 N–H and O–H groups in total. The molecule has 1 saturated carbocycles. The minimum Gasteiger partial charge on any atom is -0.214 e. The molecule has 0 bridgehead atoms.